The van der Waals surface area contributed by atoms with Crippen LogP contribution in [0.5, 0.6) is 5.75 Å². The Morgan fingerprint density at radius 3 is 1.05 bits per heavy atom. The molecule has 2 N–H and O–H groups in total. The maximum absolute atomic E-state index is 13.6. The van der Waals surface area contributed by atoms with E-state index in [4.69, 9.17) is 4.43 Å². The van der Waals surface area contributed by atoms with Crippen molar-refractivity contribution in [3.05, 3.63) is 157 Å². The van der Waals surface area contributed by atoms with E-state index < -0.39 is 19.5 Å². The Hall–Kier alpha value is -3.48. The van der Waals surface area contributed by atoms with Crippen LogP contribution in [0, 0.1) is 6.92 Å². The van der Waals surface area contributed by atoms with Gasteiger partial charge in [-0.1, -0.05) is 156 Å². The van der Waals surface area contributed by atoms with E-state index in [2.05, 4.69) is 134 Å². The average molecular weight is 775 g/mol. The number of rotatable bonds is 8. The third-order valence-corrected chi connectivity index (χ3v) is 12.8. The van der Waals surface area contributed by atoms with E-state index in [1.165, 1.54) is 28.0 Å². The first-order chi connectivity index (χ1) is 25.1. The smallest absolute Gasteiger partial charge is 0.242 e. The molecule has 0 fully saturated rings. The van der Waals surface area contributed by atoms with Crippen molar-refractivity contribution in [1.29, 1.82) is 0 Å². The minimum Gasteiger partial charge on any atom is -0.544 e. The summed E-state index contributed by atoms with van der Waals surface area (Å²) in [5.74, 6) is 0.937. The van der Waals surface area contributed by atoms with Crippen LogP contribution in [0.25, 0.3) is 0 Å². The lowest BCUT2D eigenvalue weighted by molar-refractivity contribution is 0.128. The number of hydrogen-bond acceptors (Lipinski definition) is 4. The van der Waals surface area contributed by atoms with E-state index >= 15 is 0 Å². The monoisotopic (exact) mass is 774 g/mol. The van der Waals surface area contributed by atoms with Crippen LogP contribution in [0.15, 0.2) is 97.1 Å². The van der Waals surface area contributed by atoms with Crippen molar-refractivity contribution in [2.75, 3.05) is 0 Å². The summed E-state index contributed by atoms with van der Waals surface area (Å²) in [6.07, 6.45) is 0. The highest BCUT2D eigenvalue weighted by Gasteiger charge is 2.43. The molecular formula is C50H66O3SSi. The van der Waals surface area contributed by atoms with Gasteiger partial charge in [0.05, 0.1) is 0 Å². The van der Waals surface area contributed by atoms with E-state index in [9.17, 15) is 10.2 Å². The lowest BCUT2D eigenvalue weighted by Gasteiger charge is -2.37. The van der Waals surface area contributed by atoms with Crippen LogP contribution in [0.1, 0.15) is 143 Å². The molecule has 55 heavy (non-hydrogen) atoms. The number of aliphatic hydroxyl groups is 2. The molecule has 4 aromatic carbocycles. The molecule has 5 heteroatoms. The summed E-state index contributed by atoms with van der Waals surface area (Å²) >= 11 is 1.47. The maximum Gasteiger partial charge on any atom is 0.242 e. The predicted molar refractivity (Wildman–Crippen MR) is 238 cm³/mol. The summed E-state index contributed by atoms with van der Waals surface area (Å²) in [5, 5.41) is 27.1. The van der Waals surface area contributed by atoms with Crippen LogP contribution in [0.3, 0.4) is 0 Å². The number of benzene rings is 4. The van der Waals surface area contributed by atoms with Crippen LogP contribution in [-0.4, -0.2) is 18.5 Å². The van der Waals surface area contributed by atoms with Crippen LogP contribution in [0.2, 0.25) is 19.6 Å². The van der Waals surface area contributed by atoms with Gasteiger partial charge in [0.15, 0.2) is 0 Å². The highest BCUT2D eigenvalue weighted by Crippen LogP contribution is 2.50. The third kappa shape index (κ3) is 8.47. The van der Waals surface area contributed by atoms with E-state index in [0.29, 0.717) is 0 Å². The molecule has 0 spiro atoms. The average Bonchev–Trinajstić information content (AvgIpc) is 3.57. The van der Waals surface area contributed by atoms with Gasteiger partial charge in [-0.05, 0) is 123 Å². The second-order valence-corrected chi connectivity index (χ2v) is 26.1. The Labute approximate surface area is 338 Å². The van der Waals surface area contributed by atoms with Crippen LogP contribution in [-0.2, 0) is 32.9 Å². The van der Waals surface area contributed by atoms with Gasteiger partial charge in [0.1, 0.15) is 17.0 Å². The Balaban J connectivity index is 1.88. The first-order valence-electron chi connectivity index (χ1n) is 19.8. The second kappa shape index (κ2) is 14.5. The fourth-order valence-corrected chi connectivity index (χ4v) is 9.95. The zero-order valence-corrected chi connectivity index (χ0v) is 38.3. The minimum atomic E-state index is -2.02. The van der Waals surface area contributed by atoms with Gasteiger partial charge in [0.25, 0.3) is 0 Å². The van der Waals surface area contributed by atoms with E-state index in [-0.39, 0.29) is 21.7 Å². The van der Waals surface area contributed by atoms with Gasteiger partial charge in [-0.3, -0.25) is 0 Å². The van der Waals surface area contributed by atoms with Gasteiger partial charge in [-0.15, -0.1) is 11.3 Å². The first kappa shape index (κ1) is 42.7. The topological polar surface area (TPSA) is 49.7 Å². The van der Waals surface area contributed by atoms with Gasteiger partial charge in [0, 0.05) is 9.75 Å². The largest absolute Gasteiger partial charge is 0.544 e. The molecule has 5 aromatic rings. The van der Waals surface area contributed by atoms with Gasteiger partial charge < -0.3 is 14.6 Å². The molecule has 0 aliphatic carbocycles. The number of thiophene rings is 1. The zero-order chi connectivity index (χ0) is 41.2. The molecule has 0 bridgehead atoms. The van der Waals surface area contributed by atoms with Crippen LogP contribution < -0.4 is 4.43 Å². The van der Waals surface area contributed by atoms with Gasteiger partial charge in [0.2, 0.25) is 8.32 Å². The number of hydrogen-bond donors (Lipinski definition) is 2. The zero-order valence-electron chi connectivity index (χ0n) is 36.4. The molecule has 0 aliphatic rings. The van der Waals surface area contributed by atoms with Crippen molar-refractivity contribution in [3.8, 4) is 5.75 Å². The predicted octanol–water partition coefficient (Wildman–Crippen LogP) is 13.0. The van der Waals surface area contributed by atoms with E-state index in [1.807, 2.05) is 72.8 Å². The molecule has 0 saturated carbocycles. The summed E-state index contributed by atoms with van der Waals surface area (Å²) in [6, 6.07) is 32.8. The highest BCUT2D eigenvalue weighted by molar-refractivity contribution is 7.12. The Morgan fingerprint density at radius 2 is 0.764 bits per heavy atom. The molecule has 2 atom stereocenters. The molecule has 0 amide bonds. The highest BCUT2D eigenvalue weighted by atomic mass is 32.1. The summed E-state index contributed by atoms with van der Waals surface area (Å²) in [4.78, 5) is 1.48. The molecule has 0 aliphatic heterocycles. The first-order valence-corrected chi connectivity index (χ1v) is 24.0. The van der Waals surface area contributed by atoms with Crippen LogP contribution in [0.4, 0.5) is 0 Å². The van der Waals surface area contributed by atoms with Gasteiger partial charge in [-0.25, -0.2) is 0 Å². The Kier molecular flexibility index (Phi) is 11.2. The standard InChI is InChI=1S/C50H66O3SSi/c1-33-38(45(2,3)4)29-36(30-39(33)46(5,6)7)49(51,34-23-19-17-20-24-34)42-27-28-43(54-42)50(52,35-25-21-18-22-26-35)37-31-40(47(8,9)10)44(53-55(14,15)16)41(32-37)48(11,12)13/h17-32,51-52H,1-16H3. The van der Waals surface area contributed by atoms with Crippen molar-refractivity contribution >= 4 is 19.7 Å². The lowest BCUT2D eigenvalue weighted by atomic mass is 9.73. The Bertz CT molecular complexity index is 2060. The fourth-order valence-electron chi connectivity index (χ4n) is 7.84. The fraction of sp³-hybridized carbons (Fsp3) is 0.440. The summed E-state index contributed by atoms with van der Waals surface area (Å²) in [6.45, 7) is 35.7. The van der Waals surface area contributed by atoms with Crippen LogP contribution >= 0.6 is 11.3 Å². The lowest BCUT2D eigenvalue weighted by Crippen LogP contribution is -2.34. The second-order valence-electron chi connectivity index (χ2n) is 20.6. The summed E-state index contributed by atoms with van der Waals surface area (Å²) in [5.41, 5.74) is 5.17. The molecular weight excluding hydrogens is 709 g/mol. The molecule has 2 unspecified atom stereocenters. The SMILES string of the molecule is Cc1c(C(C)(C)C)cc(C(O)(c2ccccc2)c2ccc(C(O)(c3ccccc3)c3cc(C(C)(C)C)c(O[Si](C)(C)C)c(C(C)(C)C)c3)s2)cc1C(C)(C)C. The summed E-state index contributed by atoms with van der Waals surface area (Å²) in [7, 11) is -2.02. The molecule has 3 nitrogen and oxygen atoms in total. The van der Waals surface area contributed by atoms with Crippen molar-refractivity contribution in [2.45, 2.75) is 143 Å². The molecule has 5 rings (SSSR count). The van der Waals surface area contributed by atoms with E-state index in [0.717, 1.165) is 48.9 Å². The molecule has 1 heterocycles. The minimum absolute atomic E-state index is 0.146. The van der Waals surface area contributed by atoms with Crippen molar-refractivity contribution < 1.29 is 14.6 Å². The molecule has 0 radical (unpaired) electrons. The summed E-state index contributed by atoms with van der Waals surface area (Å²) < 4.78 is 6.94. The normalized spacial score (nSPS) is 15.4. The maximum atomic E-state index is 13.6. The molecule has 1 aromatic heterocycles. The molecule has 0 saturated heterocycles. The molecule has 294 valence electrons. The van der Waals surface area contributed by atoms with Crippen molar-refractivity contribution in [1.82, 2.24) is 0 Å². The third-order valence-electron chi connectivity index (χ3n) is 10.7. The van der Waals surface area contributed by atoms with Gasteiger partial charge >= 0.3 is 0 Å². The van der Waals surface area contributed by atoms with Crippen molar-refractivity contribution in [3.63, 3.8) is 0 Å². The van der Waals surface area contributed by atoms with Gasteiger partial charge in [-0.2, -0.15) is 0 Å². The Morgan fingerprint density at radius 1 is 0.455 bits per heavy atom. The van der Waals surface area contributed by atoms with E-state index in [1.54, 1.807) is 0 Å². The quantitative estimate of drug-likeness (QED) is 0.154. The van der Waals surface area contributed by atoms with Crippen molar-refractivity contribution in [2.24, 2.45) is 0 Å².